The van der Waals surface area contributed by atoms with Crippen molar-refractivity contribution in [1.29, 1.82) is 0 Å². The van der Waals surface area contributed by atoms with Crippen molar-refractivity contribution in [1.82, 2.24) is 4.90 Å². The van der Waals surface area contributed by atoms with Crippen molar-refractivity contribution in [3.05, 3.63) is 48.5 Å². The highest BCUT2D eigenvalue weighted by Gasteiger charge is 2.77. The molecule has 3 saturated heterocycles. The molecule has 0 aliphatic carbocycles. The number of aliphatic hydroxyl groups is 1. The first-order chi connectivity index (χ1) is 19.3. The Kier molecular flexibility index (Phi) is 8.01. The maximum Gasteiger partial charge on any atom is 0.248 e. The number of hydrogen-bond acceptors (Lipinski definition) is 7. The van der Waals surface area contributed by atoms with Crippen LogP contribution in [0.3, 0.4) is 0 Å². The molecule has 2 bridgehead atoms. The van der Waals surface area contributed by atoms with Crippen LogP contribution in [0.1, 0.15) is 39.5 Å². The number of aliphatic hydroxyl groups excluding tert-OH is 1. The Morgan fingerprint density at radius 2 is 1.62 bits per heavy atom. The predicted octanol–water partition coefficient (Wildman–Crippen LogP) is 3.92. The van der Waals surface area contributed by atoms with Gasteiger partial charge in [0.05, 0.1) is 30.3 Å². The van der Waals surface area contributed by atoms with E-state index in [0.717, 1.165) is 12.2 Å². The Labute approximate surface area is 239 Å². The first kappa shape index (κ1) is 28.3. The molecule has 0 saturated carbocycles. The van der Waals surface area contributed by atoms with Crippen LogP contribution >= 0.6 is 11.8 Å². The molecule has 1 spiro atoms. The van der Waals surface area contributed by atoms with E-state index in [1.165, 1.54) is 0 Å². The second-order valence-electron chi connectivity index (χ2n) is 10.9. The number of likely N-dealkylation sites (tertiary alicyclic amines) is 1. The Morgan fingerprint density at radius 1 is 1.00 bits per heavy atom. The molecule has 3 amide bonds. The van der Waals surface area contributed by atoms with Crippen LogP contribution in [0, 0.1) is 11.8 Å². The summed E-state index contributed by atoms with van der Waals surface area (Å²) in [5, 5.41) is 15.4. The number of nitrogens with one attached hydrogen (secondary N) is 2. The first-order valence-electron chi connectivity index (χ1n) is 13.9. The van der Waals surface area contributed by atoms with Gasteiger partial charge in [-0.2, -0.15) is 0 Å². The van der Waals surface area contributed by atoms with Crippen molar-refractivity contribution in [2.75, 3.05) is 37.5 Å². The third kappa shape index (κ3) is 4.92. The van der Waals surface area contributed by atoms with E-state index < -0.39 is 27.4 Å². The lowest BCUT2D eigenvalue weighted by Gasteiger charge is -2.34. The fraction of sp³-hybridized carbons (Fsp3) is 0.500. The number of ether oxygens (including phenoxy) is 2. The molecular formula is C30H37N3O6S. The van der Waals surface area contributed by atoms with Gasteiger partial charge >= 0.3 is 0 Å². The largest absolute Gasteiger partial charge is 0.497 e. The Balaban J connectivity index is 1.43. The molecule has 0 aromatic heterocycles. The molecule has 3 fully saturated rings. The maximum atomic E-state index is 14.1. The van der Waals surface area contributed by atoms with Crippen LogP contribution < -0.4 is 20.1 Å². The number of rotatable bonds is 11. The van der Waals surface area contributed by atoms with Gasteiger partial charge in [-0.25, -0.2) is 0 Å². The van der Waals surface area contributed by atoms with Gasteiger partial charge in [0, 0.05) is 29.3 Å². The lowest BCUT2D eigenvalue weighted by atomic mass is 9.66. The highest BCUT2D eigenvalue weighted by molar-refractivity contribution is 8.02. The molecule has 3 aliphatic heterocycles. The smallest absolute Gasteiger partial charge is 0.248 e. The predicted molar refractivity (Wildman–Crippen MR) is 155 cm³/mol. The number of nitrogens with zero attached hydrogens (tertiary/aromatic N) is 1. The minimum atomic E-state index is -0.721. The normalized spacial score (nSPS) is 28.4. The third-order valence-corrected chi connectivity index (χ3v) is 10.4. The summed E-state index contributed by atoms with van der Waals surface area (Å²) >= 11 is 1.63. The van der Waals surface area contributed by atoms with Crippen LogP contribution in [0.25, 0.3) is 0 Å². The summed E-state index contributed by atoms with van der Waals surface area (Å²) < 4.78 is 9.56. The number of anilines is 2. The molecule has 0 radical (unpaired) electrons. The van der Waals surface area contributed by atoms with E-state index in [4.69, 9.17) is 9.47 Å². The van der Waals surface area contributed by atoms with Gasteiger partial charge in [-0.05, 0) is 88.1 Å². The molecule has 3 heterocycles. The average Bonchev–Trinajstić information content (AvgIpc) is 3.51. The quantitative estimate of drug-likeness (QED) is 0.352. The van der Waals surface area contributed by atoms with Gasteiger partial charge in [0.25, 0.3) is 0 Å². The van der Waals surface area contributed by atoms with Crippen LogP contribution in [-0.2, 0) is 14.4 Å². The van der Waals surface area contributed by atoms with Crippen molar-refractivity contribution in [3.8, 4) is 11.5 Å². The molecule has 3 N–H and O–H groups in total. The lowest BCUT2D eigenvalue weighted by Crippen LogP contribution is -2.51. The summed E-state index contributed by atoms with van der Waals surface area (Å²) in [4.78, 5) is 43.5. The van der Waals surface area contributed by atoms with Crippen LogP contribution in [0.15, 0.2) is 48.5 Å². The average molecular weight is 568 g/mol. The number of hydrogen-bond donors (Lipinski definition) is 3. The molecule has 3 aliphatic rings. The van der Waals surface area contributed by atoms with Gasteiger partial charge in [-0.15, -0.1) is 11.8 Å². The van der Waals surface area contributed by atoms with Gasteiger partial charge in [0.2, 0.25) is 17.7 Å². The minimum absolute atomic E-state index is 0.0131. The maximum absolute atomic E-state index is 14.1. The summed E-state index contributed by atoms with van der Waals surface area (Å²) in [5.41, 5.74) is 1.25. The number of fused-ring (bicyclic) bond motifs is 1. The van der Waals surface area contributed by atoms with E-state index in [2.05, 4.69) is 17.6 Å². The summed E-state index contributed by atoms with van der Waals surface area (Å²) in [5.74, 6) is -0.408. The van der Waals surface area contributed by atoms with Crippen LogP contribution in [0.2, 0.25) is 0 Å². The lowest BCUT2D eigenvalue weighted by molar-refractivity contribution is -0.139. The standard InChI is InChI=1S/C30H37N3O6S/c1-4-39-22-13-9-19(10-14-22)31-26(35)23-24-28(37)33(17-5-6-18-34)25(30(24)16-15-29(23,2)40-30)27(36)32-20-7-11-21(38-3)12-8-20/h7-14,23-25,34H,4-6,15-18H2,1-3H3,(H,31,35)(H,32,36)/t23-,24-,25?,29+,30?/m0/s1. The van der Waals surface area contributed by atoms with Gasteiger partial charge in [0.15, 0.2) is 0 Å². The Morgan fingerprint density at radius 3 is 2.23 bits per heavy atom. The molecular weight excluding hydrogens is 530 g/mol. The second-order valence-corrected chi connectivity index (χ2v) is 12.8. The van der Waals surface area contributed by atoms with E-state index in [1.54, 1.807) is 72.3 Å². The van der Waals surface area contributed by atoms with E-state index in [9.17, 15) is 19.5 Å². The van der Waals surface area contributed by atoms with Crippen molar-refractivity contribution >= 4 is 40.9 Å². The number of benzene rings is 2. The van der Waals surface area contributed by atoms with E-state index >= 15 is 0 Å². The molecule has 40 heavy (non-hydrogen) atoms. The second kappa shape index (κ2) is 11.3. The van der Waals surface area contributed by atoms with E-state index in [1.807, 2.05) is 6.92 Å². The minimum Gasteiger partial charge on any atom is -0.497 e. The number of carbonyl (C=O) groups is 3. The first-order valence-corrected chi connectivity index (χ1v) is 14.7. The molecule has 5 rings (SSSR count). The molecule has 2 aromatic rings. The zero-order valence-electron chi connectivity index (χ0n) is 23.1. The fourth-order valence-corrected chi connectivity index (χ4v) is 9.02. The number of thioether (sulfide) groups is 1. The molecule has 214 valence electrons. The van der Waals surface area contributed by atoms with Crippen molar-refractivity contribution < 1.29 is 29.0 Å². The van der Waals surface area contributed by atoms with Crippen molar-refractivity contribution in [3.63, 3.8) is 0 Å². The molecule has 5 atom stereocenters. The van der Waals surface area contributed by atoms with Gasteiger partial charge in [-0.1, -0.05) is 0 Å². The summed E-state index contributed by atoms with van der Waals surface area (Å²) in [6.07, 6.45) is 2.51. The molecule has 2 aromatic carbocycles. The number of unbranched alkanes of at least 4 members (excludes halogenated alkanes) is 1. The van der Waals surface area contributed by atoms with Gasteiger partial charge in [0.1, 0.15) is 17.5 Å². The summed E-state index contributed by atoms with van der Waals surface area (Å²) in [6.45, 7) is 4.88. The van der Waals surface area contributed by atoms with Crippen LogP contribution in [0.4, 0.5) is 11.4 Å². The Bertz CT molecular complexity index is 1260. The summed E-state index contributed by atoms with van der Waals surface area (Å²) in [7, 11) is 1.58. The van der Waals surface area contributed by atoms with E-state index in [-0.39, 0.29) is 24.3 Å². The Hall–Kier alpha value is -3.24. The van der Waals surface area contributed by atoms with Crippen LogP contribution in [0.5, 0.6) is 11.5 Å². The highest BCUT2D eigenvalue weighted by atomic mass is 32.2. The number of amides is 3. The SMILES string of the molecule is CCOc1ccc(NC(=O)[C@@H]2[C@H]3C(=O)N(CCCCO)C(C(=O)Nc4ccc(OC)cc4)C34CC[C@@]2(C)S4)cc1. The summed E-state index contributed by atoms with van der Waals surface area (Å²) in [6, 6.07) is 13.6. The van der Waals surface area contributed by atoms with Crippen molar-refractivity contribution in [2.45, 2.75) is 55.1 Å². The fourth-order valence-electron chi connectivity index (χ4n) is 6.67. The molecule has 9 nitrogen and oxygen atoms in total. The molecule has 2 unspecified atom stereocenters. The van der Waals surface area contributed by atoms with Crippen molar-refractivity contribution in [2.24, 2.45) is 11.8 Å². The van der Waals surface area contributed by atoms with E-state index in [0.29, 0.717) is 49.5 Å². The topological polar surface area (TPSA) is 117 Å². The number of carbonyl (C=O) groups excluding carboxylic acids is 3. The third-order valence-electron chi connectivity index (χ3n) is 8.40. The highest BCUT2D eigenvalue weighted by Crippen LogP contribution is 2.71. The number of methoxy groups -OCH3 is 1. The molecule has 10 heteroatoms. The van der Waals surface area contributed by atoms with Gasteiger partial charge < -0.3 is 30.1 Å². The monoisotopic (exact) mass is 567 g/mol. The zero-order chi connectivity index (χ0) is 28.5. The van der Waals surface area contributed by atoms with Gasteiger partial charge in [-0.3, -0.25) is 14.4 Å². The zero-order valence-corrected chi connectivity index (χ0v) is 24.0. The van der Waals surface area contributed by atoms with Crippen LogP contribution in [-0.4, -0.2) is 70.1 Å².